The Morgan fingerprint density at radius 1 is 1.28 bits per heavy atom. The van der Waals surface area contributed by atoms with E-state index in [1.54, 1.807) is 6.20 Å². The lowest BCUT2D eigenvalue weighted by atomic mass is 9.93. The molecule has 1 aliphatic heterocycles. The number of anilines is 2. The maximum Gasteiger partial charge on any atom is 0.131 e. The first-order valence-corrected chi connectivity index (χ1v) is 6.59. The highest BCUT2D eigenvalue weighted by Crippen LogP contribution is 2.35. The Kier molecular flexibility index (Phi) is 2.96. The molecule has 1 aromatic heterocycles. The van der Waals surface area contributed by atoms with Gasteiger partial charge in [0.1, 0.15) is 5.15 Å². The molecule has 92 valence electrons. The van der Waals surface area contributed by atoms with Crippen molar-refractivity contribution in [3.63, 3.8) is 0 Å². The van der Waals surface area contributed by atoms with Crippen LogP contribution in [-0.2, 0) is 6.42 Å². The number of hydrogen-bond donors (Lipinski definition) is 0. The number of hydrogen-bond acceptors (Lipinski definition) is 2. The smallest absolute Gasteiger partial charge is 0.131 e. The van der Waals surface area contributed by atoms with Crippen LogP contribution in [0.4, 0.5) is 11.4 Å². The van der Waals surface area contributed by atoms with Gasteiger partial charge in [-0.25, -0.2) is 4.98 Å². The number of rotatable bonds is 1. The molecule has 3 heteroatoms. The van der Waals surface area contributed by atoms with Crippen molar-refractivity contribution in [2.45, 2.75) is 13.3 Å². The number of fused-ring (bicyclic) bond motifs is 1. The molecule has 2 heterocycles. The summed E-state index contributed by atoms with van der Waals surface area (Å²) < 4.78 is 0. The lowest BCUT2D eigenvalue weighted by Gasteiger charge is -2.34. The first-order valence-electron chi connectivity index (χ1n) is 6.21. The zero-order valence-electron chi connectivity index (χ0n) is 10.3. The predicted molar refractivity (Wildman–Crippen MR) is 75.6 cm³/mol. The Balaban J connectivity index is 2.07. The van der Waals surface area contributed by atoms with Crippen LogP contribution in [0, 0.1) is 5.92 Å². The standard InChI is InChI=1S/C15H15ClN2/c1-11-8-12-4-2-3-5-14(12)18(10-11)13-6-7-17-15(16)9-13/h2-7,9,11H,8,10H2,1H3. The Morgan fingerprint density at radius 2 is 2.11 bits per heavy atom. The maximum absolute atomic E-state index is 5.99. The molecule has 0 N–H and O–H groups in total. The minimum absolute atomic E-state index is 0.545. The average molecular weight is 259 g/mol. The summed E-state index contributed by atoms with van der Waals surface area (Å²) in [4.78, 5) is 6.38. The molecule has 0 aliphatic carbocycles. The number of aromatic nitrogens is 1. The zero-order chi connectivity index (χ0) is 12.5. The van der Waals surface area contributed by atoms with Crippen molar-refractivity contribution in [1.29, 1.82) is 0 Å². The molecule has 0 spiro atoms. The molecule has 3 rings (SSSR count). The van der Waals surface area contributed by atoms with Crippen LogP contribution >= 0.6 is 11.6 Å². The van der Waals surface area contributed by atoms with E-state index in [1.807, 2.05) is 12.1 Å². The van der Waals surface area contributed by atoms with Gasteiger partial charge >= 0.3 is 0 Å². The van der Waals surface area contributed by atoms with Crippen LogP contribution in [0.1, 0.15) is 12.5 Å². The van der Waals surface area contributed by atoms with Gasteiger partial charge in [0.05, 0.1) is 0 Å². The van der Waals surface area contributed by atoms with Crippen LogP contribution < -0.4 is 4.90 Å². The molecule has 2 nitrogen and oxygen atoms in total. The molecule has 0 amide bonds. The molecule has 1 atom stereocenters. The third-order valence-corrected chi connectivity index (χ3v) is 3.57. The number of halogens is 1. The summed E-state index contributed by atoms with van der Waals surface area (Å²) in [5, 5.41) is 0.545. The average Bonchev–Trinajstić information content (AvgIpc) is 2.37. The summed E-state index contributed by atoms with van der Waals surface area (Å²) in [5.41, 5.74) is 3.82. The lowest BCUT2D eigenvalue weighted by Crippen LogP contribution is -2.30. The Hall–Kier alpha value is -1.54. The summed E-state index contributed by atoms with van der Waals surface area (Å²) in [6.07, 6.45) is 2.91. The van der Waals surface area contributed by atoms with E-state index < -0.39 is 0 Å². The van der Waals surface area contributed by atoms with Crippen molar-refractivity contribution in [3.05, 3.63) is 53.3 Å². The van der Waals surface area contributed by atoms with Gasteiger partial charge in [-0.2, -0.15) is 0 Å². The molecule has 1 aliphatic rings. The zero-order valence-corrected chi connectivity index (χ0v) is 11.1. The van der Waals surface area contributed by atoms with Crippen molar-refractivity contribution >= 4 is 23.0 Å². The summed E-state index contributed by atoms with van der Waals surface area (Å²) in [5.74, 6) is 0.645. The largest absolute Gasteiger partial charge is 0.341 e. The van der Waals surface area contributed by atoms with Gasteiger partial charge in [-0.3, -0.25) is 0 Å². The fourth-order valence-electron chi connectivity index (χ4n) is 2.60. The number of nitrogens with zero attached hydrogens (tertiary/aromatic N) is 2. The molecular weight excluding hydrogens is 244 g/mol. The van der Waals surface area contributed by atoms with Gasteiger partial charge in [-0.05, 0) is 36.1 Å². The van der Waals surface area contributed by atoms with Gasteiger partial charge in [0, 0.05) is 24.1 Å². The summed E-state index contributed by atoms with van der Waals surface area (Å²) in [6.45, 7) is 3.31. The second-order valence-electron chi connectivity index (χ2n) is 4.89. The van der Waals surface area contributed by atoms with Crippen LogP contribution in [0.3, 0.4) is 0 Å². The van der Waals surface area contributed by atoms with Crippen molar-refractivity contribution in [2.75, 3.05) is 11.4 Å². The van der Waals surface area contributed by atoms with E-state index in [4.69, 9.17) is 11.6 Å². The van der Waals surface area contributed by atoms with Gasteiger partial charge < -0.3 is 4.90 Å². The quantitative estimate of drug-likeness (QED) is 0.717. The molecule has 2 aromatic rings. The minimum atomic E-state index is 0.545. The van der Waals surface area contributed by atoms with Gasteiger partial charge in [0.25, 0.3) is 0 Å². The molecular formula is C15H15ClN2. The van der Waals surface area contributed by atoms with E-state index >= 15 is 0 Å². The molecule has 0 radical (unpaired) electrons. The van der Waals surface area contributed by atoms with Crippen molar-refractivity contribution in [3.8, 4) is 0 Å². The number of para-hydroxylation sites is 1. The lowest BCUT2D eigenvalue weighted by molar-refractivity contribution is 0.562. The summed E-state index contributed by atoms with van der Waals surface area (Å²) in [7, 11) is 0. The molecule has 0 fully saturated rings. The second kappa shape index (κ2) is 4.62. The first kappa shape index (κ1) is 11.5. The third kappa shape index (κ3) is 2.08. The van der Waals surface area contributed by atoms with E-state index in [9.17, 15) is 0 Å². The molecule has 0 bridgehead atoms. The van der Waals surface area contributed by atoms with E-state index in [0.29, 0.717) is 11.1 Å². The summed E-state index contributed by atoms with van der Waals surface area (Å²) in [6, 6.07) is 12.5. The van der Waals surface area contributed by atoms with Gasteiger partial charge in [0.2, 0.25) is 0 Å². The molecule has 1 aromatic carbocycles. The van der Waals surface area contributed by atoms with Crippen molar-refractivity contribution in [2.24, 2.45) is 5.92 Å². The SMILES string of the molecule is CC1Cc2ccccc2N(c2ccnc(Cl)c2)C1. The molecule has 0 saturated heterocycles. The highest BCUT2D eigenvalue weighted by atomic mass is 35.5. The molecule has 18 heavy (non-hydrogen) atoms. The number of pyridine rings is 1. The highest BCUT2D eigenvalue weighted by molar-refractivity contribution is 6.29. The van der Waals surface area contributed by atoms with Crippen molar-refractivity contribution < 1.29 is 0 Å². The fourth-order valence-corrected chi connectivity index (χ4v) is 2.77. The van der Waals surface area contributed by atoms with Crippen LogP contribution in [0.5, 0.6) is 0 Å². The first-order chi connectivity index (χ1) is 8.74. The van der Waals surface area contributed by atoms with Crippen LogP contribution in [0.25, 0.3) is 0 Å². The van der Waals surface area contributed by atoms with E-state index in [0.717, 1.165) is 18.7 Å². The predicted octanol–water partition coefficient (Wildman–Crippen LogP) is 4.07. The normalized spacial score (nSPS) is 18.6. The highest BCUT2D eigenvalue weighted by Gasteiger charge is 2.22. The van der Waals surface area contributed by atoms with Gasteiger partial charge in [-0.15, -0.1) is 0 Å². The Bertz CT molecular complexity index is 568. The maximum atomic E-state index is 5.99. The van der Waals surface area contributed by atoms with Crippen molar-refractivity contribution in [1.82, 2.24) is 4.98 Å². The minimum Gasteiger partial charge on any atom is -0.341 e. The molecule has 1 unspecified atom stereocenters. The molecule has 0 saturated carbocycles. The summed E-state index contributed by atoms with van der Waals surface area (Å²) >= 11 is 5.99. The monoisotopic (exact) mass is 258 g/mol. The third-order valence-electron chi connectivity index (χ3n) is 3.37. The Labute approximate surface area is 112 Å². The fraction of sp³-hybridized carbons (Fsp3) is 0.267. The topological polar surface area (TPSA) is 16.1 Å². The number of benzene rings is 1. The van der Waals surface area contributed by atoms with Gasteiger partial charge in [-0.1, -0.05) is 36.7 Å². The van der Waals surface area contributed by atoms with E-state index in [2.05, 4.69) is 41.1 Å². The van der Waals surface area contributed by atoms with Crippen LogP contribution in [0.2, 0.25) is 5.15 Å². The van der Waals surface area contributed by atoms with Crippen LogP contribution in [0.15, 0.2) is 42.6 Å². The Morgan fingerprint density at radius 3 is 2.94 bits per heavy atom. The second-order valence-corrected chi connectivity index (χ2v) is 5.27. The van der Waals surface area contributed by atoms with E-state index in [1.165, 1.54) is 11.3 Å². The van der Waals surface area contributed by atoms with E-state index in [-0.39, 0.29) is 0 Å². The van der Waals surface area contributed by atoms with Crippen LogP contribution in [-0.4, -0.2) is 11.5 Å². The van der Waals surface area contributed by atoms with Gasteiger partial charge in [0.15, 0.2) is 0 Å².